The average Bonchev–Trinajstić information content (AvgIpc) is 2.65. The molecule has 1 amide bonds. The van der Waals surface area contributed by atoms with Gasteiger partial charge >= 0.3 is 0 Å². The second-order valence-corrected chi connectivity index (χ2v) is 6.97. The van der Waals surface area contributed by atoms with E-state index < -0.39 is 0 Å². The Morgan fingerprint density at radius 3 is 2.36 bits per heavy atom. The van der Waals surface area contributed by atoms with Crippen LogP contribution in [-0.2, 0) is 4.79 Å². The van der Waals surface area contributed by atoms with E-state index in [4.69, 9.17) is 0 Å². The Morgan fingerprint density at radius 1 is 0.964 bits per heavy atom. The minimum absolute atomic E-state index is 0.0974. The number of nitrogens with one attached hydrogen (secondary N) is 3. The van der Waals surface area contributed by atoms with Gasteiger partial charge in [-0.2, -0.15) is 4.98 Å². The van der Waals surface area contributed by atoms with Crippen molar-refractivity contribution in [3.8, 4) is 0 Å². The lowest BCUT2D eigenvalue weighted by molar-refractivity contribution is -0.114. The largest absolute Gasteiger partial charge is 0.340 e. The number of carbonyl (C=O) groups excluding carboxylic acids is 1. The van der Waals surface area contributed by atoms with Crippen LogP contribution in [0, 0.1) is 6.92 Å². The monoisotopic (exact) mass is 375 g/mol. The predicted octanol–water partition coefficient (Wildman–Crippen LogP) is 5.35. The van der Waals surface area contributed by atoms with Gasteiger partial charge in [0.05, 0.1) is 0 Å². The summed E-state index contributed by atoms with van der Waals surface area (Å²) in [6.45, 7) is 7.93. The minimum Gasteiger partial charge on any atom is -0.340 e. The standard InChI is InChI=1S/C22H25N5O/c1-14(2)19-7-5-6-15(3)21(19)26-20-12-13-23-22(27-20)25-18-10-8-17(9-11-18)24-16(4)28/h5-14H,1-4H3,(H,24,28)(H2,23,25,26,27). The Morgan fingerprint density at radius 2 is 1.68 bits per heavy atom. The summed E-state index contributed by atoms with van der Waals surface area (Å²) in [5, 5.41) is 9.37. The molecule has 0 unspecified atom stereocenters. The molecule has 3 rings (SSSR count). The first kappa shape index (κ1) is 19.4. The van der Waals surface area contributed by atoms with Crippen LogP contribution in [0.3, 0.4) is 0 Å². The summed E-state index contributed by atoms with van der Waals surface area (Å²) in [6.07, 6.45) is 1.72. The lowest BCUT2D eigenvalue weighted by Crippen LogP contribution is -2.06. The molecular formula is C22H25N5O. The van der Waals surface area contributed by atoms with Crippen molar-refractivity contribution in [2.75, 3.05) is 16.0 Å². The molecule has 0 bridgehead atoms. The highest BCUT2D eigenvalue weighted by Gasteiger charge is 2.10. The van der Waals surface area contributed by atoms with Gasteiger partial charge in [0, 0.05) is 30.2 Å². The van der Waals surface area contributed by atoms with Crippen LogP contribution in [0.4, 0.5) is 28.8 Å². The third-order valence-corrected chi connectivity index (χ3v) is 4.30. The van der Waals surface area contributed by atoms with Gasteiger partial charge in [0.15, 0.2) is 0 Å². The van der Waals surface area contributed by atoms with Gasteiger partial charge in [-0.1, -0.05) is 32.0 Å². The second kappa shape index (κ2) is 8.52. The molecule has 3 aromatic rings. The first-order valence-electron chi connectivity index (χ1n) is 9.26. The number of anilines is 5. The fraction of sp³-hybridized carbons (Fsp3) is 0.227. The van der Waals surface area contributed by atoms with Crippen LogP contribution < -0.4 is 16.0 Å². The molecule has 0 aliphatic carbocycles. The highest BCUT2D eigenvalue weighted by atomic mass is 16.1. The van der Waals surface area contributed by atoms with E-state index in [1.165, 1.54) is 18.1 Å². The van der Waals surface area contributed by atoms with Crippen LogP contribution in [0.5, 0.6) is 0 Å². The molecule has 6 heteroatoms. The number of carbonyl (C=O) groups is 1. The number of benzene rings is 2. The molecular weight excluding hydrogens is 350 g/mol. The Kier molecular flexibility index (Phi) is 5.89. The summed E-state index contributed by atoms with van der Waals surface area (Å²) in [6, 6.07) is 15.5. The Labute approximate surface area is 165 Å². The van der Waals surface area contributed by atoms with E-state index in [2.05, 4.69) is 64.9 Å². The number of amides is 1. The molecule has 0 fully saturated rings. The molecule has 0 aliphatic heterocycles. The number of rotatable bonds is 6. The molecule has 0 radical (unpaired) electrons. The van der Waals surface area contributed by atoms with Crippen molar-refractivity contribution in [2.45, 2.75) is 33.6 Å². The van der Waals surface area contributed by atoms with E-state index in [0.29, 0.717) is 11.9 Å². The van der Waals surface area contributed by atoms with E-state index in [9.17, 15) is 4.79 Å². The lowest BCUT2D eigenvalue weighted by atomic mass is 9.98. The van der Waals surface area contributed by atoms with E-state index >= 15 is 0 Å². The van der Waals surface area contributed by atoms with Crippen molar-refractivity contribution >= 4 is 34.7 Å². The Hall–Kier alpha value is -3.41. The molecule has 1 heterocycles. The average molecular weight is 375 g/mol. The number of hydrogen-bond donors (Lipinski definition) is 3. The molecule has 144 valence electrons. The van der Waals surface area contributed by atoms with Crippen LogP contribution in [0.15, 0.2) is 54.7 Å². The smallest absolute Gasteiger partial charge is 0.229 e. The molecule has 1 aromatic heterocycles. The predicted molar refractivity (Wildman–Crippen MR) is 115 cm³/mol. The van der Waals surface area contributed by atoms with Crippen LogP contribution in [0.2, 0.25) is 0 Å². The molecule has 3 N–H and O–H groups in total. The fourth-order valence-electron chi connectivity index (χ4n) is 2.93. The zero-order chi connectivity index (χ0) is 20.1. The van der Waals surface area contributed by atoms with Gasteiger partial charge in [0.25, 0.3) is 0 Å². The second-order valence-electron chi connectivity index (χ2n) is 6.97. The summed E-state index contributed by atoms with van der Waals surface area (Å²) in [5.41, 5.74) is 5.09. The number of para-hydroxylation sites is 1. The van der Waals surface area contributed by atoms with Gasteiger partial charge in [-0.05, 0) is 54.3 Å². The highest BCUT2D eigenvalue weighted by molar-refractivity contribution is 5.88. The maximum atomic E-state index is 11.1. The zero-order valence-electron chi connectivity index (χ0n) is 16.6. The fourth-order valence-corrected chi connectivity index (χ4v) is 2.93. The maximum Gasteiger partial charge on any atom is 0.229 e. The molecule has 0 saturated heterocycles. The van der Waals surface area contributed by atoms with Crippen LogP contribution >= 0.6 is 0 Å². The summed E-state index contributed by atoms with van der Waals surface area (Å²) in [4.78, 5) is 20.0. The number of aryl methyl sites for hydroxylation is 1. The SMILES string of the molecule is CC(=O)Nc1ccc(Nc2nccc(Nc3c(C)cccc3C(C)C)n2)cc1. The van der Waals surface area contributed by atoms with Crippen molar-refractivity contribution in [3.63, 3.8) is 0 Å². The van der Waals surface area contributed by atoms with Gasteiger partial charge in [0.2, 0.25) is 11.9 Å². The summed E-state index contributed by atoms with van der Waals surface area (Å²) < 4.78 is 0. The number of aromatic nitrogens is 2. The lowest BCUT2D eigenvalue weighted by Gasteiger charge is -2.17. The minimum atomic E-state index is -0.0974. The van der Waals surface area contributed by atoms with Crippen molar-refractivity contribution in [1.29, 1.82) is 0 Å². The molecule has 0 saturated carbocycles. The maximum absolute atomic E-state index is 11.1. The Balaban J connectivity index is 1.77. The third-order valence-electron chi connectivity index (χ3n) is 4.30. The van der Waals surface area contributed by atoms with Crippen molar-refractivity contribution in [2.24, 2.45) is 0 Å². The van der Waals surface area contributed by atoms with E-state index in [0.717, 1.165) is 22.9 Å². The van der Waals surface area contributed by atoms with Crippen molar-refractivity contribution in [1.82, 2.24) is 9.97 Å². The van der Waals surface area contributed by atoms with E-state index in [-0.39, 0.29) is 5.91 Å². The van der Waals surface area contributed by atoms with Gasteiger partial charge < -0.3 is 16.0 Å². The van der Waals surface area contributed by atoms with Crippen LogP contribution in [0.1, 0.15) is 37.8 Å². The van der Waals surface area contributed by atoms with E-state index in [1.54, 1.807) is 6.20 Å². The zero-order valence-corrected chi connectivity index (χ0v) is 16.6. The quantitative estimate of drug-likeness (QED) is 0.541. The van der Waals surface area contributed by atoms with Crippen LogP contribution in [0.25, 0.3) is 0 Å². The van der Waals surface area contributed by atoms with Gasteiger partial charge in [-0.25, -0.2) is 4.98 Å². The molecule has 28 heavy (non-hydrogen) atoms. The summed E-state index contributed by atoms with van der Waals surface area (Å²) in [7, 11) is 0. The van der Waals surface area contributed by atoms with E-state index in [1.807, 2.05) is 30.3 Å². The number of hydrogen-bond acceptors (Lipinski definition) is 5. The first-order chi connectivity index (χ1) is 13.4. The van der Waals surface area contributed by atoms with Gasteiger partial charge in [-0.15, -0.1) is 0 Å². The third kappa shape index (κ3) is 4.85. The molecule has 2 aromatic carbocycles. The Bertz CT molecular complexity index is 967. The molecule has 0 aliphatic rings. The normalized spacial score (nSPS) is 10.6. The first-order valence-corrected chi connectivity index (χ1v) is 9.26. The van der Waals surface area contributed by atoms with Crippen LogP contribution in [-0.4, -0.2) is 15.9 Å². The highest BCUT2D eigenvalue weighted by Crippen LogP contribution is 2.30. The van der Waals surface area contributed by atoms with Crippen molar-refractivity contribution < 1.29 is 4.79 Å². The van der Waals surface area contributed by atoms with Gasteiger partial charge in [0.1, 0.15) is 5.82 Å². The molecule has 0 spiro atoms. The molecule has 6 nitrogen and oxygen atoms in total. The van der Waals surface area contributed by atoms with Crippen molar-refractivity contribution in [3.05, 3.63) is 65.9 Å². The molecule has 0 atom stereocenters. The summed E-state index contributed by atoms with van der Waals surface area (Å²) >= 11 is 0. The number of nitrogens with zero attached hydrogens (tertiary/aromatic N) is 2. The van der Waals surface area contributed by atoms with Gasteiger partial charge in [-0.3, -0.25) is 4.79 Å². The topological polar surface area (TPSA) is 78.9 Å². The summed E-state index contributed by atoms with van der Waals surface area (Å²) in [5.74, 6) is 1.53.